The molecule has 0 amide bonds. The van der Waals surface area contributed by atoms with Gasteiger partial charge in [-0.05, 0) is 76.5 Å². The van der Waals surface area contributed by atoms with E-state index in [1.54, 1.807) is 0 Å². The number of allylic oxidation sites excluding steroid dienone is 1. The average molecular weight is 431 g/mol. The van der Waals surface area contributed by atoms with Crippen molar-refractivity contribution in [3.05, 3.63) is 23.2 Å². The lowest BCUT2D eigenvalue weighted by atomic mass is 9.76. The Kier molecular flexibility index (Phi) is 4.99. The van der Waals surface area contributed by atoms with Gasteiger partial charge in [-0.15, -0.1) is 0 Å². The summed E-state index contributed by atoms with van der Waals surface area (Å²) in [6, 6.07) is 0.517. The summed E-state index contributed by atoms with van der Waals surface area (Å²) >= 11 is 0. The minimum Gasteiger partial charge on any atom is -0.378 e. The van der Waals surface area contributed by atoms with Crippen LogP contribution in [0.4, 0.5) is 0 Å². The van der Waals surface area contributed by atoms with Gasteiger partial charge in [-0.25, -0.2) is 5.43 Å². The van der Waals surface area contributed by atoms with Crippen LogP contribution in [0.15, 0.2) is 23.2 Å². The maximum Gasteiger partial charge on any atom is 0.110 e. The molecule has 0 aromatic carbocycles. The number of rotatable bonds is 4. The Morgan fingerprint density at radius 2 is 1.97 bits per heavy atom. The van der Waals surface area contributed by atoms with Gasteiger partial charge in [0.25, 0.3) is 0 Å². The van der Waals surface area contributed by atoms with Crippen molar-refractivity contribution in [2.45, 2.75) is 88.3 Å². The standard InChI is InChI=1S/C23H38N6O2/c1-22(4-5-22)31-15-2-3-17-16(12-15)20(28-27-17)18-13-19(26-14-25-18)29-10-7-23(8-11-29)6-9-24-21(23)30/h13,15,18,20-21,24-28,30H,2-12,14H2,1H3/t15-,18+,20+,21?/m0/s1. The third-order valence-electron chi connectivity index (χ3n) is 8.66. The summed E-state index contributed by atoms with van der Waals surface area (Å²) in [5, 5.41) is 20.8. The van der Waals surface area contributed by atoms with E-state index in [1.165, 1.54) is 29.9 Å². The Balaban J connectivity index is 1.12. The highest BCUT2D eigenvalue weighted by atomic mass is 16.5. The quantitative estimate of drug-likeness (QED) is 0.386. The molecule has 0 aromatic rings. The molecule has 2 saturated heterocycles. The van der Waals surface area contributed by atoms with Gasteiger partial charge < -0.3 is 25.5 Å². The third-order valence-corrected chi connectivity index (χ3v) is 8.66. The minimum absolute atomic E-state index is 0.0787. The van der Waals surface area contributed by atoms with E-state index in [4.69, 9.17) is 4.74 Å². The van der Waals surface area contributed by atoms with Crippen molar-refractivity contribution in [3.8, 4) is 0 Å². The third kappa shape index (κ3) is 3.76. The fourth-order valence-corrected chi connectivity index (χ4v) is 6.26. The first kappa shape index (κ1) is 20.3. The van der Waals surface area contributed by atoms with Crippen LogP contribution < -0.4 is 26.8 Å². The molecule has 172 valence electrons. The molecule has 6 N–H and O–H groups in total. The molecule has 6 rings (SSSR count). The van der Waals surface area contributed by atoms with Gasteiger partial charge in [-0.3, -0.25) is 10.6 Å². The van der Waals surface area contributed by atoms with Crippen molar-refractivity contribution >= 4 is 0 Å². The average Bonchev–Trinajstić information content (AvgIpc) is 3.20. The largest absolute Gasteiger partial charge is 0.378 e. The second kappa shape index (κ2) is 7.63. The lowest BCUT2D eigenvalue weighted by Gasteiger charge is -2.44. The molecule has 1 spiro atoms. The number of aliphatic hydroxyl groups excluding tert-OH is 1. The van der Waals surface area contributed by atoms with Crippen molar-refractivity contribution in [2.24, 2.45) is 5.41 Å². The summed E-state index contributed by atoms with van der Waals surface area (Å²) in [4.78, 5) is 2.47. The number of nitrogens with one attached hydrogen (secondary N) is 5. The zero-order chi connectivity index (χ0) is 21.1. The molecule has 6 aliphatic rings. The van der Waals surface area contributed by atoms with Crippen LogP contribution in [0.5, 0.6) is 0 Å². The van der Waals surface area contributed by atoms with E-state index in [0.717, 1.165) is 64.8 Å². The number of hydrogen-bond donors (Lipinski definition) is 6. The molecule has 1 saturated carbocycles. The predicted octanol–water partition coefficient (Wildman–Crippen LogP) is 0.593. The van der Waals surface area contributed by atoms with Gasteiger partial charge in [0.05, 0.1) is 36.3 Å². The Morgan fingerprint density at radius 1 is 1.13 bits per heavy atom. The summed E-state index contributed by atoms with van der Waals surface area (Å²) in [6.45, 7) is 5.98. The summed E-state index contributed by atoms with van der Waals surface area (Å²) < 4.78 is 6.43. The summed E-state index contributed by atoms with van der Waals surface area (Å²) in [5.74, 6) is 1.24. The Hall–Kier alpha value is -1.32. The number of hydrazine groups is 1. The molecule has 8 heteroatoms. The van der Waals surface area contributed by atoms with Crippen LogP contribution >= 0.6 is 0 Å². The first-order valence-electron chi connectivity index (χ1n) is 12.3. The van der Waals surface area contributed by atoms with Crippen LogP contribution in [0.2, 0.25) is 0 Å². The molecule has 8 nitrogen and oxygen atoms in total. The number of piperidine rings is 1. The zero-order valence-corrected chi connectivity index (χ0v) is 18.7. The number of hydrogen-bond acceptors (Lipinski definition) is 8. The smallest absolute Gasteiger partial charge is 0.110 e. The van der Waals surface area contributed by atoms with Crippen LogP contribution in [-0.2, 0) is 4.74 Å². The molecule has 0 bridgehead atoms. The molecule has 2 aliphatic carbocycles. The predicted molar refractivity (Wildman–Crippen MR) is 118 cm³/mol. The Labute approximate surface area is 185 Å². The van der Waals surface area contributed by atoms with Crippen molar-refractivity contribution in [1.82, 2.24) is 31.7 Å². The lowest BCUT2D eigenvalue weighted by molar-refractivity contribution is -0.0257. The van der Waals surface area contributed by atoms with Crippen LogP contribution in [0, 0.1) is 5.41 Å². The monoisotopic (exact) mass is 430 g/mol. The van der Waals surface area contributed by atoms with Gasteiger partial charge in [0.15, 0.2) is 0 Å². The molecule has 0 radical (unpaired) electrons. The molecule has 4 atom stereocenters. The van der Waals surface area contributed by atoms with Gasteiger partial charge in [0.1, 0.15) is 6.23 Å². The second-order valence-electron chi connectivity index (χ2n) is 10.8. The van der Waals surface area contributed by atoms with Crippen molar-refractivity contribution in [3.63, 3.8) is 0 Å². The number of nitrogens with zero attached hydrogens (tertiary/aromatic N) is 1. The highest BCUT2D eigenvalue weighted by Gasteiger charge is 2.45. The highest BCUT2D eigenvalue weighted by molar-refractivity contribution is 5.31. The van der Waals surface area contributed by atoms with E-state index >= 15 is 0 Å². The molecular weight excluding hydrogens is 392 g/mol. The second-order valence-corrected chi connectivity index (χ2v) is 10.8. The lowest BCUT2D eigenvalue weighted by Crippen LogP contribution is -2.56. The molecule has 1 unspecified atom stereocenters. The van der Waals surface area contributed by atoms with Gasteiger partial charge in [0.2, 0.25) is 0 Å². The fraction of sp³-hybridized carbons (Fsp3) is 0.826. The van der Waals surface area contributed by atoms with E-state index < -0.39 is 0 Å². The molecular formula is C23H38N6O2. The molecule has 0 aromatic heterocycles. The maximum atomic E-state index is 10.4. The number of aliphatic hydroxyl groups is 1. The molecule has 4 heterocycles. The van der Waals surface area contributed by atoms with E-state index in [2.05, 4.69) is 44.7 Å². The highest BCUT2D eigenvalue weighted by Crippen LogP contribution is 2.43. The van der Waals surface area contributed by atoms with Gasteiger partial charge in [0, 0.05) is 24.2 Å². The first-order valence-corrected chi connectivity index (χ1v) is 12.3. The number of likely N-dealkylation sites (tertiary alicyclic amines) is 1. The van der Waals surface area contributed by atoms with Crippen molar-refractivity contribution in [1.29, 1.82) is 0 Å². The summed E-state index contributed by atoms with van der Waals surface area (Å²) in [5.41, 5.74) is 10.1. The van der Waals surface area contributed by atoms with Gasteiger partial charge >= 0.3 is 0 Å². The first-order chi connectivity index (χ1) is 15.0. The minimum atomic E-state index is -0.337. The van der Waals surface area contributed by atoms with Crippen LogP contribution in [0.3, 0.4) is 0 Å². The fourth-order valence-electron chi connectivity index (χ4n) is 6.26. The van der Waals surface area contributed by atoms with Crippen LogP contribution in [0.25, 0.3) is 0 Å². The molecule has 3 fully saturated rings. The van der Waals surface area contributed by atoms with E-state index in [-0.39, 0.29) is 29.3 Å². The van der Waals surface area contributed by atoms with E-state index in [0.29, 0.717) is 6.10 Å². The zero-order valence-electron chi connectivity index (χ0n) is 18.7. The molecule has 4 aliphatic heterocycles. The Bertz CT molecular complexity index is 770. The number of ether oxygens (including phenoxy) is 1. The van der Waals surface area contributed by atoms with Crippen LogP contribution in [-0.4, -0.2) is 66.3 Å². The van der Waals surface area contributed by atoms with Gasteiger partial charge in [-0.2, -0.15) is 0 Å². The molecule has 31 heavy (non-hydrogen) atoms. The summed E-state index contributed by atoms with van der Waals surface area (Å²) in [7, 11) is 0. The summed E-state index contributed by atoms with van der Waals surface area (Å²) in [6.07, 6.45) is 11.2. The van der Waals surface area contributed by atoms with Crippen molar-refractivity contribution in [2.75, 3.05) is 26.3 Å². The van der Waals surface area contributed by atoms with Gasteiger partial charge in [-0.1, -0.05) is 0 Å². The normalized spacial score (nSPS) is 38.5. The van der Waals surface area contributed by atoms with Crippen LogP contribution in [0.1, 0.15) is 58.3 Å². The Morgan fingerprint density at radius 3 is 2.71 bits per heavy atom. The van der Waals surface area contributed by atoms with E-state index in [1.807, 2.05) is 0 Å². The van der Waals surface area contributed by atoms with E-state index in [9.17, 15) is 5.11 Å². The topological polar surface area (TPSA) is 92.9 Å². The maximum absolute atomic E-state index is 10.4. The van der Waals surface area contributed by atoms with Crippen molar-refractivity contribution < 1.29 is 9.84 Å². The SMILES string of the molecule is CC1(O[C@H]2CCC3=C(C2)[C@H]([C@H]2C=C(N4CCC5(CCNC5O)CC4)NCN2)NN3)CC1.